The predicted molar refractivity (Wildman–Crippen MR) is 55.0 cm³/mol. The topological polar surface area (TPSA) is 45.0 Å². The second-order valence-corrected chi connectivity index (χ2v) is 3.15. The molecule has 0 radical (unpaired) electrons. The number of hydrogen-bond acceptors (Lipinski definition) is 3. The Morgan fingerprint density at radius 3 is 2.93 bits per heavy atom. The van der Waals surface area contributed by atoms with Gasteiger partial charge in [-0.1, -0.05) is 0 Å². The molecule has 0 spiro atoms. The molecule has 0 aliphatic heterocycles. The molecule has 1 atom stereocenters. The molecule has 1 aromatic carbocycles. The second kappa shape index (κ2) is 5.32. The van der Waals surface area contributed by atoms with E-state index in [1.54, 1.807) is 6.07 Å². The molecule has 80 valence electrons. The Hall–Kier alpha value is -1.60. The summed E-state index contributed by atoms with van der Waals surface area (Å²) < 4.78 is 18.1. The zero-order chi connectivity index (χ0) is 11.3. The van der Waals surface area contributed by atoms with Crippen LogP contribution < -0.4 is 10.1 Å². The van der Waals surface area contributed by atoms with Crippen molar-refractivity contribution in [3.8, 4) is 11.8 Å². The number of nitriles is 1. The van der Waals surface area contributed by atoms with Gasteiger partial charge in [-0.15, -0.1) is 0 Å². The number of methoxy groups -OCH3 is 1. The highest BCUT2D eigenvalue weighted by atomic mass is 19.1. The largest absolute Gasteiger partial charge is 0.496 e. The number of rotatable bonds is 4. The molecule has 0 unspecified atom stereocenters. The van der Waals surface area contributed by atoms with Gasteiger partial charge in [-0.25, -0.2) is 4.39 Å². The Kier molecular flexibility index (Phi) is 4.07. The number of halogens is 1. The quantitative estimate of drug-likeness (QED) is 0.770. The zero-order valence-corrected chi connectivity index (χ0v) is 8.75. The van der Waals surface area contributed by atoms with Gasteiger partial charge in [-0.3, -0.25) is 5.32 Å². The van der Waals surface area contributed by atoms with E-state index in [0.717, 1.165) is 0 Å². The van der Waals surface area contributed by atoms with Gasteiger partial charge in [0.1, 0.15) is 11.6 Å². The first-order valence-corrected chi connectivity index (χ1v) is 4.62. The van der Waals surface area contributed by atoms with Crippen LogP contribution in [0.15, 0.2) is 18.2 Å². The molecule has 1 rings (SSSR count). The Labute approximate surface area is 88.5 Å². The van der Waals surface area contributed by atoms with Crippen molar-refractivity contribution in [3.63, 3.8) is 0 Å². The SMILES string of the molecule is COc1ccc(F)cc1[C@@H](C)NCC#N. The van der Waals surface area contributed by atoms with Gasteiger partial charge in [-0.2, -0.15) is 5.26 Å². The average molecular weight is 208 g/mol. The van der Waals surface area contributed by atoms with Crippen molar-refractivity contribution < 1.29 is 9.13 Å². The Bertz CT molecular complexity index is 373. The van der Waals surface area contributed by atoms with Crippen molar-refractivity contribution in [2.24, 2.45) is 0 Å². The molecule has 3 nitrogen and oxygen atoms in total. The van der Waals surface area contributed by atoms with Crippen LogP contribution in [-0.4, -0.2) is 13.7 Å². The third-order valence-electron chi connectivity index (χ3n) is 2.15. The highest BCUT2D eigenvalue weighted by molar-refractivity contribution is 5.36. The summed E-state index contributed by atoms with van der Waals surface area (Å²) in [5.41, 5.74) is 0.716. The highest BCUT2D eigenvalue weighted by Gasteiger charge is 2.11. The van der Waals surface area contributed by atoms with Gasteiger partial charge in [0, 0.05) is 11.6 Å². The Morgan fingerprint density at radius 2 is 2.33 bits per heavy atom. The number of ether oxygens (including phenoxy) is 1. The van der Waals surface area contributed by atoms with Crippen LogP contribution in [0.25, 0.3) is 0 Å². The van der Waals surface area contributed by atoms with E-state index in [9.17, 15) is 4.39 Å². The molecule has 0 aromatic heterocycles. The van der Waals surface area contributed by atoms with Crippen LogP contribution in [0.2, 0.25) is 0 Å². The molecule has 0 amide bonds. The molecule has 0 saturated carbocycles. The average Bonchev–Trinajstić information content (AvgIpc) is 2.25. The first-order chi connectivity index (χ1) is 7.19. The van der Waals surface area contributed by atoms with E-state index in [-0.39, 0.29) is 18.4 Å². The maximum atomic E-state index is 13.0. The van der Waals surface area contributed by atoms with Gasteiger partial charge >= 0.3 is 0 Å². The zero-order valence-electron chi connectivity index (χ0n) is 8.75. The van der Waals surface area contributed by atoms with Crippen LogP contribution in [0, 0.1) is 17.1 Å². The minimum atomic E-state index is -0.309. The van der Waals surface area contributed by atoms with E-state index in [0.29, 0.717) is 11.3 Å². The lowest BCUT2D eigenvalue weighted by Gasteiger charge is -2.15. The monoisotopic (exact) mass is 208 g/mol. The number of nitrogens with zero attached hydrogens (tertiary/aromatic N) is 1. The fraction of sp³-hybridized carbons (Fsp3) is 0.364. The lowest BCUT2D eigenvalue weighted by molar-refractivity contribution is 0.401. The molecule has 0 bridgehead atoms. The van der Waals surface area contributed by atoms with E-state index in [4.69, 9.17) is 10.00 Å². The minimum Gasteiger partial charge on any atom is -0.496 e. The molecule has 0 heterocycles. The molecule has 1 N–H and O–H groups in total. The fourth-order valence-electron chi connectivity index (χ4n) is 1.35. The molecule has 1 aromatic rings. The lowest BCUT2D eigenvalue weighted by Crippen LogP contribution is -2.19. The standard InChI is InChI=1S/C11H13FN2O/c1-8(14-6-5-13)10-7-9(12)3-4-11(10)15-2/h3-4,7-8,14H,6H2,1-2H3/t8-/m1/s1. The summed E-state index contributed by atoms with van der Waals surface area (Å²) in [6.07, 6.45) is 0. The van der Waals surface area contributed by atoms with E-state index in [1.807, 2.05) is 13.0 Å². The first kappa shape index (κ1) is 11.5. The summed E-state index contributed by atoms with van der Waals surface area (Å²) in [5, 5.41) is 11.4. The van der Waals surface area contributed by atoms with E-state index in [1.165, 1.54) is 19.2 Å². The fourth-order valence-corrected chi connectivity index (χ4v) is 1.35. The van der Waals surface area contributed by atoms with Gasteiger partial charge in [0.15, 0.2) is 0 Å². The highest BCUT2D eigenvalue weighted by Crippen LogP contribution is 2.25. The number of nitrogens with one attached hydrogen (secondary N) is 1. The van der Waals surface area contributed by atoms with Crippen molar-refractivity contribution in [2.45, 2.75) is 13.0 Å². The van der Waals surface area contributed by atoms with Crippen LogP contribution in [0.3, 0.4) is 0 Å². The molecular formula is C11H13FN2O. The van der Waals surface area contributed by atoms with Crippen molar-refractivity contribution >= 4 is 0 Å². The van der Waals surface area contributed by atoms with Crippen LogP contribution in [0.4, 0.5) is 4.39 Å². The van der Waals surface area contributed by atoms with Gasteiger partial charge in [0.2, 0.25) is 0 Å². The van der Waals surface area contributed by atoms with Crippen LogP contribution >= 0.6 is 0 Å². The molecule has 0 saturated heterocycles. The smallest absolute Gasteiger partial charge is 0.123 e. The van der Waals surface area contributed by atoms with Crippen molar-refractivity contribution in [2.75, 3.05) is 13.7 Å². The van der Waals surface area contributed by atoms with E-state index in [2.05, 4.69) is 5.32 Å². The van der Waals surface area contributed by atoms with Gasteiger partial charge in [0.25, 0.3) is 0 Å². The summed E-state index contributed by atoms with van der Waals surface area (Å²) >= 11 is 0. The second-order valence-electron chi connectivity index (χ2n) is 3.15. The maximum Gasteiger partial charge on any atom is 0.123 e. The van der Waals surface area contributed by atoms with Crippen molar-refractivity contribution in [1.82, 2.24) is 5.32 Å². The van der Waals surface area contributed by atoms with E-state index < -0.39 is 0 Å². The van der Waals surface area contributed by atoms with Crippen molar-refractivity contribution in [3.05, 3.63) is 29.6 Å². The lowest BCUT2D eigenvalue weighted by atomic mass is 10.1. The molecule has 0 fully saturated rings. The summed E-state index contributed by atoms with van der Waals surface area (Å²) in [4.78, 5) is 0. The van der Waals surface area contributed by atoms with Crippen LogP contribution in [0.5, 0.6) is 5.75 Å². The molecule has 4 heteroatoms. The van der Waals surface area contributed by atoms with Gasteiger partial charge < -0.3 is 4.74 Å². The third kappa shape index (κ3) is 2.93. The van der Waals surface area contributed by atoms with Gasteiger partial charge in [0.05, 0.1) is 19.7 Å². The molecule has 0 aliphatic rings. The molecular weight excluding hydrogens is 195 g/mol. The minimum absolute atomic E-state index is 0.115. The van der Waals surface area contributed by atoms with Crippen LogP contribution in [0.1, 0.15) is 18.5 Å². The van der Waals surface area contributed by atoms with Gasteiger partial charge in [-0.05, 0) is 25.1 Å². The number of benzene rings is 1. The normalized spacial score (nSPS) is 11.9. The third-order valence-corrected chi connectivity index (χ3v) is 2.15. The summed E-state index contributed by atoms with van der Waals surface area (Å²) in [6, 6.07) is 6.20. The predicted octanol–water partition coefficient (Wildman–Crippen LogP) is 2.01. The first-order valence-electron chi connectivity index (χ1n) is 4.62. The summed E-state index contributed by atoms with van der Waals surface area (Å²) in [7, 11) is 1.54. The number of hydrogen-bond donors (Lipinski definition) is 1. The van der Waals surface area contributed by atoms with Crippen molar-refractivity contribution in [1.29, 1.82) is 5.26 Å². The summed E-state index contributed by atoms with van der Waals surface area (Å²) in [6.45, 7) is 2.08. The van der Waals surface area contributed by atoms with E-state index >= 15 is 0 Å². The summed E-state index contributed by atoms with van der Waals surface area (Å²) in [5.74, 6) is 0.311. The Morgan fingerprint density at radius 1 is 1.60 bits per heavy atom. The molecule has 15 heavy (non-hydrogen) atoms. The maximum absolute atomic E-state index is 13.0. The Balaban J connectivity index is 2.90. The molecule has 0 aliphatic carbocycles. The van der Waals surface area contributed by atoms with Crippen LogP contribution in [-0.2, 0) is 0 Å².